The van der Waals surface area contributed by atoms with E-state index in [1.165, 1.54) is 7.11 Å². The Kier molecular flexibility index (Phi) is 8.82. The van der Waals surface area contributed by atoms with Crippen LogP contribution in [0, 0.1) is 0 Å². The van der Waals surface area contributed by atoms with Crippen LogP contribution in [0.4, 0.5) is 4.79 Å². The number of amides is 1. The first kappa shape index (κ1) is 23.4. The minimum atomic E-state index is -1.14. The number of halogens is 1. The molecule has 8 nitrogen and oxygen atoms in total. The number of hydrogen-bond acceptors (Lipinski definition) is 6. The van der Waals surface area contributed by atoms with Crippen molar-refractivity contribution in [1.82, 2.24) is 5.32 Å². The van der Waals surface area contributed by atoms with Crippen LogP contribution in [0.2, 0.25) is 0 Å². The van der Waals surface area contributed by atoms with Gasteiger partial charge in [0.1, 0.15) is 11.9 Å². The number of aliphatic hydroxyl groups excluding tert-OH is 1. The smallest absolute Gasteiger partial charge is 0.407 e. The highest BCUT2D eigenvalue weighted by atomic mass is 79.9. The van der Waals surface area contributed by atoms with Crippen molar-refractivity contribution in [2.75, 3.05) is 25.7 Å². The third-order valence-corrected chi connectivity index (χ3v) is 4.90. The number of carbonyl (C=O) groups is 3. The van der Waals surface area contributed by atoms with Crippen LogP contribution in [-0.2, 0) is 19.1 Å². The Balaban J connectivity index is 0.000000575. The highest BCUT2D eigenvalue weighted by Crippen LogP contribution is 2.44. The molecule has 9 heteroatoms. The molecule has 0 aromatic heterocycles. The molecule has 3 rings (SSSR count). The zero-order chi connectivity index (χ0) is 22.1. The van der Waals surface area contributed by atoms with Crippen molar-refractivity contribution >= 4 is 34.0 Å². The summed E-state index contributed by atoms with van der Waals surface area (Å²) in [5.41, 5.74) is 4.47. The van der Waals surface area contributed by atoms with Gasteiger partial charge in [0, 0.05) is 5.92 Å². The van der Waals surface area contributed by atoms with E-state index in [0.29, 0.717) is 0 Å². The number of alkyl halides is 1. The summed E-state index contributed by atoms with van der Waals surface area (Å²) < 4.78 is 9.80. The van der Waals surface area contributed by atoms with Crippen LogP contribution in [0.25, 0.3) is 11.1 Å². The first-order valence-corrected chi connectivity index (χ1v) is 10.1. The monoisotopic (exact) mass is 479 g/mol. The molecule has 0 bridgehead atoms. The molecule has 2 aromatic carbocycles. The number of rotatable bonds is 6. The van der Waals surface area contributed by atoms with E-state index in [-0.39, 0.29) is 17.9 Å². The number of methoxy groups -OCH3 is 1. The lowest BCUT2D eigenvalue weighted by Gasteiger charge is -2.17. The molecule has 1 aliphatic rings. The summed E-state index contributed by atoms with van der Waals surface area (Å²) in [4.78, 5) is 32.7. The summed E-state index contributed by atoms with van der Waals surface area (Å²) in [7, 11) is 1.18. The molecule has 2 aromatic rings. The molecule has 30 heavy (non-hydrogen) atoms. The van der Waals surface area contributed by atoms with Gasteiger partial charge in [-0.1, -0.05) is 64.5 Å². The number of nitrogens with one attached hydrogen (secondary N) is 1. The fourth-order valence-corrected chi connectivity index (χ4v) is 3.10. The maximum atomic E-state index is 12.0. The number of carboxylic acids is 1. The molecule has 1 unspecified atom stereocenters. The molecule has 1 atom stereocenters. The van der Waals surface area contributed by atoms with Crippen LogP contribution in [-0.4, -0.2) is 59.9 Å². The van der Waals surface area contributed by atoms with Gasteiger partial charge < -0.3 is 25.0 Å². The summed E-state index contributed by atoms with van der Waals surface area (Å²) in [5.74, 6) is -1.62. The standard InChI is InChI=1S/C19H19NO5.C2H3BrO2/c1-24-18(22)17(10-21)20-19(23)25-11-16-14-8-4-2-6-12(14)13-7-3-5-9-15(13)16;3-1-2(4)5/h2-9,16-17,21H,10-11H2,1H3,(H,20,23);1H2,(H,4,5). The van der Waals surface area contributed by atoms with E-state index in [4.69, 9.17) is 14.9 Å². The van der Waals surface area contributed by atoms with Gasteiger partial charge in [-0.15, -0.1) is 0 Å². The van der Waals surface area contributed by atoms with Crippen molar-refractivity contribution in [3.05, 3.63) is 59.7 Å². The topological polar surface area (TPSA) is 122 Å². The van der Waals surface area contributed by atoms with E-state index in [0.717, 1.165) is 22.3 Å². The zero-order valence-electron chi connectivity index (χ0n) is 16.2. The first-order valence-electron chi connectivity index (χ1n) is 9.00. The third-order valence-electron chi connectivity index (χ3n) is 4.42. The largest absolute Gasteiger partial charge is 0.481 e. The van der Waals surface area contributed by atoms with Crippen LogP contribution in [0.1, 0.15) is 17.0 Å². The number of hydrogen-bond donors (Lipinski definition) is 3. The Labute approximate surface area is 181 Å². The third kappa shape index (κ3) is 5.80. The van der Waals surface area contributed by atoms with Crippen molar-refractivity contribution < 1.29 is 34.1 Å². The summed E-state index contributed by atoms with van der Waals surface area (Å²) in [6.45, 7) is -0.421. The number of carbonyl (C=O) groups excluding carboxylic acids is 2. The molecular weight excluding hydrogens is 458 g/mol. The minimum Gasteiger partial charge on any atom is -0.481 e. The number of aliphatic hydroxyl groups is 1. The minimum absolute atomic E-state index is 0.0347. The maximum Gasteiger partial charge on any atom is 0.407 e. The van der Waals surface area contributed by atoms with Gasteiger partial charge in [-0.25, -0.2) is 9.59 Å². The van der Waals surface area contributed by atoms with Gasteiger partial charge >= 0.3 is 18.0 Å². The lowest BCUT2D eigenvalue weighted by Crippen LogP contribution is -2.44. The first-order chi connectivity index (χ1) is 14.4. The van der Waals surface area contributed by atoms with Crippen LogP contribution in [0.5, 0.6) is 0 Å². The van der Waals surface area contributed by atoms with Gasteiger partial charge in [0.05, 0.1) is 13.7 Å². The number of benzene rings is 2. The molecule has 1 amide bonds. The Hall–Kier alpha value is -2.91. The Morgan fingerprint density at radius 1 is 1.07 bits per heavy atom. The van der Waals surface area contributed by atoms with E-state index in [9.17, 15) is 14.4 Å². The second-order valence-electron chi connectivity index (χ2n) is 6.26. The molecule has 0 spiro atoms. The van der Waals surface area contributed by atoms with Crippen molar-refractivity contribution in [2.24, 2.45) is 0 Å². The van der Waals surface area contributed by atoms with E-state index in [1.807, 2.05) is 48.5 Å². The SMILES string of the molecule is COC(=O)C(CO)NC(=O)OCC1c2ccccc2-c2ccccc21.O=C(O)CBr. The fraction of sp³-hybridized carbons (Fsp3) is 0.286. The number of aliphatic carboxylic acids is 1. The van der Waals surface area contributed by atoms with Crippen molar-refractivity contribution in [2.45, 2.75) is 12.0 Å². The van der Waals surface area contributed by atoms with Gasteiger partial charge in [-0.05, 0) is 22.3 Å². The summed E-state index contributed by atoms with van der Waals surface area (Å²) in [5, 5.41) is 19.2. The number of carboxylic acid groups (broad SMARTS) is 1. The number of ether oxygens (including phenoxy) is 2. The van der Waals surface area contributed by atoms with Gasteiger partial charge in [0.25, 0.3) is 0 Å². The predicted molar refractivity (Wildman–Crippen MR) is 113 cm³/mol. The van der Waals surface area contributed by atoms with Gasteiger partial charge in [0.15, 0.2) is 6.04 Å². The summed E-state index contributed by atoms with van der Waals surface area (Å²) in [6.07, 6.45) is -0.772. The average Bonchev–Trinajstić information content (AvgIpc) is 3.09. The predicted octanol–water partition coefficient (Wildman–Crippen LogP) is 2.52. The molecule has 0 saturated heterocycles. The Morgan fingerprint density at radius 2 is 1.57 bits per heavy atom. The van der Waals surface area contributed by atoms with E-state index >= 15 is 0 Å². The lowest BCUT2D eigenvalue weighted by molar-refractivity contribution is -0.144. The van der Waals surface area contributed by atoms with Crippen molar-refractivity contribution in [3.63, 3.8) is 0 Å². The Bertz CT molecular complexity index is 857. The number of esters is 1. The molecule has 0 aliphatic heterocycles. The zero-order valence-corrected chi connectivity index (χ0v) is 17.8. The van der Waals surface area contributed by atoms with Gasteiger partial charge in [0.2, 0.25) is 0 Å². The second kappa shape index (κ2) is 11.3. The van der Waals surface area contributed by atoms with Crippen LogP contribution in [0.15, 0.2) is 48.5 Å². The molecule has 0 saturated carbocycles. The molecule has 0 radical (unpaired) electrons. The molecule has 0 heterocycles. The van der Waals surface area contributed by atoms with Crippen LogP contribution >= 0.6 is 15.9 Å². The number of alkyl carbamates (subject to hydrolysis) is 1. The van der Waals surface area contributed by atoms with E-state index in [1.54, 1.807) is 0 Å². The normalized spacial score (nSPS) is 12.5. The van der Waals surface area contributed by atoms with Gasteiger partial charge in [-0.3, -0.25) is 4.79 Å². The molecule has 1 aliphatic carbocycles. The van der Waals surface area contributed by atoms with E-state index < -0.39 is 30.7 Å². The maximum absolute atomic E-state index is 12.0. The van der Waals surface area contributed by atoms with Crippen molar-refractivity contribution in [1.29, 1.82) is 0 Å². The molecule has 0 fully saturated rings. The quantitative estimate of drug-likeness (QED) is 0.429. The lowest BCUT2D eigenvalue weighted by atomic mass is 9.98. The number of fused-ring (bicyclic) bond motifs is 3. The highest BCUT2D eigenvalue weighted by Gasteiger charge is 2.29. The summed E-state index contributed by atoms with van der Waals surface area (Å²) in [6, 6.07) is 14.9. The average molecular weight is 480 g/mol. The Morgan fingerprint density at radius 3 is 2.00 bits per heavy atom. The fourth-order valence-electron chi connectivity index (χ4n) is 3.10. The van der Waals surface area contributed by atoms with Gasteiger partial charge in [-0.2, -0.15) is 0 Å². The molecular formula is C21H22BrNO7. The van der Waals surface area contributed by atoms with Crippen LogP contribution < -0.4 is 5.32 Å². The summed E-state index contributed by atoms with van der Waals surface area (Å²) >= 11 is 2.71. The van der Waals surface area contributed by atoms with Crippen LogP contribution in [0.3, 0.4) is 0 Å². The second-order valence-corrected chi connectivity index (χ2v) is 6.82. The van der Waals surface area contributed by atoms with Crippen molar-refractivity contribution in [3.8, 4) is 11.1 Å². The van der Waals surface area contributed by atoms with E-state index in [2.05, 4.69) is 26.0 Å². The molecule has 3 N–H and O–H groups in total. The molecule has 160 valence electrons. The highest BCUT2D eigenvalue weighted by molar-refractivity contribution is 9.09.